The van der Waals surface area contributed by atoms with Crippen molar-refractivity contribution in [3.8, 4) is 0 Å². The number of nitrogens with zero attached hydrogens (tertiary/aromatic N) is 7. The van der Waals surface area contributed by atoms with Crippen molar-refractivity contribution in [3.63, 3.8) is 0 Å². The second-order valence-electron chi connectivity index (χ2n) is 10.9. The molecule has 3 atom stereocenters. The van der Waals surface area contributed by atoms with E-state index in [1.165, 1.54) is 49.8 Å². The number of anilines is 1. The Bertz CT molecular complexity index is 1220. The average Bonchev–Trinajstić information content (AvgIpc) is 3.25. The van der Waals surface area contributed by atoms with Crippen LogP contribution in [-0.4, -0.2) is 42.1 Å². The summed E-state index contributed by atoms with van der Waals surface area (Å²) in [4.78, 5) is 11.9. The lowest BCUT2D eigenvalue weighted by molar-refractivity contribution is 0.0423. The zero-order chi connectivity index (χ0) is 22.9. The fraction of sp³-hybridized carbons (Fsp3) is 0.680. The Hall–Kier alpha value is -2.48. The molecular formula is C25H36N8. The van der Waals surface area contributed by atoms with Gasteiger partial charge in [-0.15, -0.1) is 0 Å². The highest BCUT2D eigenvalue weighted by Gasteiger charge is 2.43. The van der Waals surface area contributed by atoms with Crippen LogP contribution < -0.4 is 10.6 Å². The van der Waals surface area contributed by atoms with Gasteiger partial charge < -0.3 is 10.6 Å². The van der Waals surface area contributed by atoms with Crippen LogP contribution in [0.3, 0.4) is 0 Å². The summed E-state index contributed by atoms with van der Waals surface area (Å²) < 4.78 is 4.30. The molecule has 2 fully saturated rings. The summed E-state index contributed by atoms with van der Waals surface area (Å²) in [5.74, 6) is 2.50. The number of hydrogen-bond acceptors (Lipinski definition) is 6. The molecule has 3 unspecified atom stereocenters. The minimum atomic E-state index is 0.393. The fourth-order valence-corrected chi connectivity index (χ4v) is 6.96. The van der Waals surface area contributed by atoms with Crippen LogP contribution >= 0.6 is 0 Å². The van der Waals surface area contributed by atoms with Gasteiger partial charge >= 0.3 is 0 Å². The minimum absolute atomic E-state index is 0.393. The van der Waals surface area contributed by atoms with Gasteiger partial charge in [-0.3, -0.25) is 9.36 Å². The molecule has 2 N–H and O–H groups in total. The van der Waals surface area contributed by atoms with Crippen LogP contribution in [-0.2, 0) is 26.6 Å². The topological polar surface area (TPSA) is 90.7 Å². The molecule has 2 saturated carbocycles. The van der Waals surface area contributed by atoms with Gasteiger partial charge in [0.2, 0.25) is 0 Å². The molecule has 33 heavy (non-hydrogen) atoms. The van der Waals surface area contributed by atoms with E-state index in [0.29, 0.717) is 17.4 Å². The maximum absolute atomic E-state index is 6.44. The van der Waals surface area contributed by atoms with Crippen LogP contribution in [0, 0.1) is 32.1 Å². The van der Waals surface area contributed by atoms with Gasteiger partial charge in [0.25, 0.3) is 0 Å². The van der Waals surface area contributed by atoms with Crippen LogP contribution in [0.4, 0.5) is 5.82 Å². The van der Waals surface area contributed by atoms with Crippen molar-refractivity contribution in [1.82, 2.24) is 29.5 Å². The van der Waals surface area contributed by atoms with E-state index in [0.717, 1.165) is 60.1 Å². The molecule has 0 spiro atoms. The molecule has 3 aliphatic rings. The number of nitrogens with two attached hydrogens (primary N) is 1. The largest absolute Gasteiger partial charge is 0.350 e. The molecule has 1 aliphatic heterocycles. The lowest BCUT2D eigenvalue weighted by Gasteiger charge is -2.48. The molecular weight excluding hydrogens is 412 g/mol. The van der Waals surface area contributed by atoms with Crippen LogP contribution in [0.5, 0.6) is 0 Å². The van der Waals surface area contributed by atoms with Crippen molar-refractivity contribution in [3.05, 3.63) is 28.5 Å². The first-order chi connectivity index (χ1) is 15.8. The van der Waals surface area contributed by atoms with Crippen LogP contribution in [0.1, 0.15) is 67.0 Å². The van der Waals surface area contributed by atoms with Gasteiger partial charge in [-0.1, -0.05) is 6.42 Å². The zero-order valence-electron chi connectivity index (χ0n) is 20.4. The molecule has 2 bridgehead atoms. The van der Waals surface area contributed by atoms with Gasteiger partial charge in [-0.25, -0.2) is 9.97 Å². The summed E-state index contributed by atoms with van der Waals surface area (Å²) in [6.45, 7) is 9.01. The first-order valence-corrected chi connectivity index (χ1v) is 12.6. The molecule has 0 saturated heterocycles. The van der Waals surface area contributed by atoms with Gasteiger partial charge in [-0.05, 0) is 64.2 Å². The predicted molar refractivity (Wildman–Crippen MR) is 129 cm³/mol. The van der Waals surface area contributed by atoms with Crippen LogP contribution in [0.25, 0.3) is 11.0 Å². The number of fused-ring (bicyclic) bond motifs is 4. The Labute approximate surface area is 195 Å². The zero-order valence-corrected chi connectivity index (χ0v) is 20.4. The standard InChI is InChI=1S/C25H36N8/c1-15-19-13-32(24-23-22(27-17(3)28-24)16(2)29-31(23)4)11-8-21(19)33(30-15)14-25-9-5-6-18(12-25)20(26)7-10-25/h18,20H,5-14,26H2,1-4H3. The first-order valence-electron chi connectivity index (χ1n) is 12.6. The Morgan fingerprint density at radius 3 is 2.76 bits per heavy atom. The third kappa shape index (κ3) is 3.36. The summed E-state index contributed by atoms with van der Waals surface area (Å²) in [6.07, 6.45) is 8.67. The van der Waals surface area contributed by atoms with Gasteiger partial charge in [0.05, 0.1) is 11.4 Å². The molecule has 176 valence electrons. The molecule has 6 rings (SSSR count). The first kappa shape index (κ1) is 21.1. The maximum Gasteiger partial charge on any atom is 0.158 e. The van der Waals surface area contributed by atoms with Gasteiger partial charge in [-0.2, -0.15) is 10.2 Å². The SMILES string of the molecule is Cc1nc(N2CCc3c(c(C)nn3CC34CCCC(C3)C(N)CC4)C2)c2c(n1)c(C)nn2C. The minimum Gasteiger partial charge on any atom is -0.350 e. The predicted octanol–water partition coefficient (Wildman–Crippen LogP) is 3.35. The molecule has 0 amide bonds. The molecule has 8 nitrogen and oxygen atoms in total. The van der Waals surface area contributed by atoms with Gasteiger partial charge in [0, 0.05) is 50.4 Å². The Balaban J connectivity index is 1.31. The highest BCUT2D eigenvalue weighted by atomic mass is 15.3. The molecule has 3 aromatic heterocycles. The molecule has 4 heterocycles. The second kappa shape index (κ2) is 7.52. The quantitative estimate of drug-likeness (QED) is 0.661. The van der Waals surface area contributed by atoms with Gasteiger partial charge in [0.15, 0.2) is 5.82 Å². The molecule has 0 aromatic carbocycles. The summed E-state index contributed by atoms with van der Waals surface area (Å²) in [5, 5.41) is 9.70. The summed E-state index contributed by atoms with van der Waals surface area (Å²) >= 11 is 0. The normalized spacial score (nSPS) is 27.2. The fourth-order valence-electron chi connectivity index (χ4n) is 6.96. The van der Waals surface area contributed by atoms with E-state index in [1.54, 1.807) is 0 Å². The lowest BCUT2D eigenvalue weighted by Crippen LogP contribution is -2.46. The number of hydrogen-bond donors (Lipinski definition) is 1. The molecule has 3 aromatic rings. The molecule has 0 radical (unpaired) electrons. The molecule has 8 heteroatoms. The van der Waals surface area contributed by atoms with Crippen molar-refractivity contribution < 1.29 is 0 Å². The van der Waals surface area contributed by atoms with E-state index in [1.807, 2.05) is 25.6 Å². The van der Waals surface area contributed by atoms with Crippen molar-refractivity contribution in [2.45, 2.75) is 84.8 Å². The van der Waals surface area contributed by atoms with Crippen LogP contribution in [0.2, 0.25) is 0 Å². The summed E-state index contributed by atoms with van der Waals surface area (Å²) in [6, 6.07) is 0.407. The third-order valence-corrected chi connectivity index (χ3v) is 8.65. The smallest absolute Gasteiger partial charge is 0.158 e. The van der Waals surface area contributed by atoms with E-state index in [4.69, 9.17) is 15.8 Å². The van der Waals surface area contributed by atoms with Crippen molar-refractivity contribution in [2.75, 3.05) is 11.4 Å². The highest BCUT2D eigenvalue weighted by molar-refractivity contribution is 5.88. The maximum atomic E-state index is 6.44. The highest BCUT2D eigenvalue weighted by Crippen LogP contribution is 2.49. The Morgan fingerprint density at radius 2 is 1.91 bits per heavy atom. The van der Waals surface area contributed by atoms with E-state index in [2.05, 4.69) is 26.6 Å². The number of aromatic nitrogens is 6. The van der Waals surface area contributed by atoms with E-state index >= 15 is 0 Å². The summed E-state index contributed by atoms with van der Waals surface area (Å²) in [7, 11) is 1.99. The van der Waals surface area contributed by atoms with E-state index < -0.39 is 0 Å². The number of aryl methyl sites for hydroxylation is 4. The van der Waals surface area contributed by atoms with Crippen LogP contribution in [0.15, 0.2) is 0 Å². The van der Waals surface area contributed by atoms with Crippen molar-refractivity contribution in [2.24, 2.45) is 24.1 Å². The number of rotatable bonds is 3. The van der Waals surface area contributed by atoms with Gasteiger partial charge in [0.1, 0.15) is 16.9 Å². The van der Waals surface area contributed by atoms with Crippen molar-refractivity contribution in [1.29, 1.82) is 0 Å². The molecule has 2 aliphatic carbocycles. The Kier molecular flexibility index (Phi) is 4.80. The Morgan fingerprint density at radius 1 is 1.06 bits per heavy atom. The second-order valence-corrected chi connectivity index (χ2v) is 10.9. The van der Waals surface area contributed by atoms with E-state index in [9.17, 15) is 0 Å². The monoisotopic (exact) mass is 448 g/mol. The third-order valence-electron chi connectivity index (χ3n) is 8.65. The van der Waals surface area contributed by atoms with E-state index in [-0.39, 0.29) is 0 Å². The average molecular weight is 449 g/mol. The lowest BCUT2D eigenvalue weighted by atomic mass is 9.60. The summed E-state index contributed by atoms with van der Waals surface area (Å²) in [5.41, 5.74) is 13.7. The van der Waals surface area contributed by atoms with Crippen molar-refractivity contribution >= 4 is 16.9 Å².